The standard InChI is InChI=1S/C12H22N4O/c1-14-6-2-11-3-8-16(9-4-11)10-12(17)15-7-5-13/h11,14H,2-4,6-10H2,1H3,(H,15,17). The SMILES string of the molecule is CNCCC1CCN(CC(=O)NCC#N)CC1. The molecule has 5 nitrogen and oxygen atoms in total. The van der Waals surface area contributed by atoms with Crippen LogP contribution in [0.2, 0.25) is 0 Å². The summed E-state index contributed by atoms with van der Waals surface area (Å²) in [5, 5.41) is 14.1. The molecule has 5 heteroatoms. The van der Waals surface area contributed by atoms with Crippen LogP contribution in [0, 0.1) is 17.2 Å². The number of rotatable bonds is 6. The molecule has 0 radical (unpaired) electrons. The van der Waals surface area contributed by atoms with E-state index in [1.807, 2.05) is 13.1 Å². The predicted molar refractivity (Wildman–Crippen MR) is 66.3 cm³/mol. The van der Waals surface area contributed by atoms with Gasteiger partial charge in [0.15, 0.2) is 0 Å². The maximum atomic E-state index is 11.4. The van der Waals surface area contributed by atoms with E-state index in [1.165, 1.54) is 19.3 Å². The summed E-state index contributed by atoms with van der Waals surface area (Å²) in [7, 11) is 1.98. The third-order valence-corrected chi connectivity index (χ3v) is 3.24. The minimum Gasteiger partial charge on any atom is -0.342 e. The van der Waals surface area contributed by atoms with Crippen molar-refractivity contribution in [3.63, 3.8) is 0 Å². The number of nitrogens with one attached hydrogen (secondary N) is 2. The molecule has 96 valence electrons. The lowest BCUT2D eigenvalue weighted by Gasteiger charge is -2.31. The number of carbonyl (C=O) groups excluding carboxylic acids is 1. The highest BCUT2D eigenvalue weighted by molar-refractivity contribution is 5.78. The Kier molecular flexibility index (Phi) is 6.60. The average molecular weight is 238 g/mol. The fourth-order valence-corrected chi connectivity index (χ4v) is 2.18. The summed E-state index contributed by atoms with van der Waals surface area (Å²) in [5.41, 5.74) is 0. The van der Waals surface area contributed by atoms with Gasteiger partial charge in [0.2, 0.25) is 5.91 Å². The van der Waals surface area contributed by atoms with Crippen LogP contribution in [0.3, 0.4) is 0 Å². The van der Waals surface area contributed by atoms with Crippen LogP contribution < -0.4 is 10.6 Å². The Labute approximate surface area is 103 Å². The lowest BCUT2D eigenvalue weighted by molar-refractivity contribution is -0.122. The van der Waals surface area contributed by atoms with E-state index < -0.39 is 0 Å². The molecule has 17 heavy (non-hydrogen) atoms. The molecule has 1 fully saturated rings. The van der Waals surface area contributed by atoms with E-state index in [9.17, 15) is 4.79 Å². The predicted octanol–water partition coefficient (Wildman–Crippen LogP) is -0.0523. The first-order chi connectivity index (χ1) is 8.26. The topological polar surface area (TPSA) is 68.2 Å². The van der Waals surface area contributed by atoms with Crippen LogP contribution in [0.25, 0.3) is 0 Å². The monoisotopic (exact) mass is 238 g/mol. The van der Waals surface area contributed by atoms with Gasteiger partial charge in [-0.3, -0.25) is 9.69 Å². The molecule has 1 amide bonds. The number of amides is 1. The molecule has 0 aliphatic carbocycles. The van der Waals surface area contributed by atoms with Crippen molar-refractivity contribution in [2.75, 3.05) is 39.8 Å². The summed E-state index contributed by atoms with van der Waals surface area (Å²) < 4.78 is 0. The fourth-order valence-electron chi connectivity index (χ4n) is 2.18. The maximum Gasteiger partial charge on any atom is 0.235 e. The number of likely N-dealkylation sites (tertiary alicyclic amines) is 1. The molecule has 0 spiro atoms. The molecule has 0 atom stereocenters. The molecule has 1 saturated heterocycles. The fraction of sp³-hybridized carbons (Fsp3) is 0.833. The van der Waals surface area contributed by atoms with Crippen molar-refractivity contribution in [2.45, 2.75) is 19.3 Å². The van der Waals surface area contributed by atoms with Gasteiger partial charge in [0, 0.05) is 0 Å². The zero-order valence-corrected chi connectivity index (χ0v) is 10.5. The van der Waals surface area contributed by atoms with Crippen molar-refractivity contribution >= 4 is 5.91 Å². The second kappa shape index (κ2) is 8.04. The lowest BCUT2D eigenvalue weighted by Crippen LogP contribution is -2.41. The average Bonchev–Trinajstić information content (AvgIpc) is 2.35. The van der Waals surface area contributed by atoms with Crippen LogP contribution in [-0.2, 0) is 4.79 Å². The smallest absolute Gasteiger partial charge is 0.235 e. The van der Waals surface area contributed by atoms with E-state index in [-0.39, 0.29) is 12.5 Å². The van der Waals surface area contributed by atoms with Gasteiger partial charge in [0.05, 0.1) is 12.6 Å². The summed E-state index contributed by atoms with van der Waals surface area (Å²) >= 11 is 0. The van der Waals surface area contributed by atoms with Gasteiger partial charge >= 0.3 is 0 Å². The summed E-state index contributed by atoms with van der Waals surface area (Å²) in [6.07, 6.45) is 3.57. The van der Waals surface area contributed by atoms with Gasteiger partial charge in [0.25, 0.3) is 0 Å². The van der Waals surface area contributed by atoms with Crippen LogP contribution in [0.15, 0.2) is 0 Å². The van der Waals surface area contributed by atoms with E-state index in [0.29, 0.717) is 6.54 Å². The number of piperidine rings is 1. The molecule has 0 aromatic rings. The van der Waals surface area contributed by atoms with Crippen molar-refractivity contribution in [1.29, 1.82) is 5.26 Å². The van der Waals surface area contributed by atoms with Crippen LogP contribution in [0.5, 0.6) is 0 Å². The van der Waals surface area contributed by atoms with Gasteiger partial charge < -0.3 is 10.6 Å². The molecular formula is C12H22N4O. The van der Waals surface area contributed by atoms with Gasteiger partial charge in [0.1, 0.15) is 6.54 Å². The minimum absolute atomic E-state index is 0.0415. The van der Waals surface area contributed by atoms with E-state index >= 15 is 0 Å². The van der Waals surface area contributed by atoms with E-state index in [1.54, 1.807) is 0 Å². The third kappa shape index (κ3) is 5.66. The highest BCUT2D eigenvalue weighted by Crippen LogP contribution is 2.19. The highest BCUT2D eigenvalue weighted by Gasteiger charge is 2.20. The second-order valence-electron chi connectivity index (χ2n) is 4.55. The first-order valence-corrected chi connectivity index (χ1v) is 6.27. The first kappa shape index (κ1) is 13.9. The number of nitriles is 1. The zero-order chi connectivity index (χ0) is 12.5. The molecule has 0 aromatic carbocycles. The van der Waals surface area contributed by atoms with E-state index in [4.69, 9.17) is 5.26 Å². The van der Waals surface area contributed by atoms with Crippen molar-refractivity contribution < 1.29 is 4.79 Å². The van der Waals surface area contributed by atoms with Gasteiger partial charge in [-0.25, -0.2) is 0 Å². The van der Waals surface area contributed by atoms with Gasteiger partial charge in [-0.1, -0.05) is 0 Å². The number of nitrogens with zero attached hydrogens (tertiary/aromatic N) is 2. The molecule has 1 heterocycles. The maximum absolute atomic E-state index is 11.4. The van der Waals surface area contributed by atoms with Crippen molar-refractivity contribution in [3.8, 4) is 6.07 Å². The number of carbonyl (C=O) groups is 1. The molecule has 0 saturated carbocycles. The number of hydrogen-bond acceptors (Lipinski definition) is 4. The Morgan fingerprint density at radius 1 is 1.47 bits per heavy atom. The Bertz CT molecular complexity index is 266. The van der Waals surface area contributed by atoms with Crippen LogP contribution in [-0.4, -0.2) is 50.6 Å². The van der Waals surface area contributed by atoms with Crippen LogP contribution >= 0.6 is 0 Å². The largest absolute Gasteiger partial charge is 0.342 e. The molecule has 0 bridgehead atoms. The molecule has 1 rings (SSSR count). The summed E-state index contributed by atoms with van der Waals surface area (Å²) in [6.45, 7) is 3.61. The van der Waals surface area contributed by atoms with Gasteiger partial charge in [-0.2, -0.15) is 5.26 Å². The summed E-state index contributed by atoms with van der Waals surface area (Å²) in [5.74, 6) is 0.751. The molecule has 0 unspecified atom stereocenters. The quantitative estimate of drug-likeness (QED) is 0.637. The Balaban J connectivity index is 2.14. The van der Waals surface area contributed by atoms with E-state index in [0.717, 1.165) is 25.6 Å². The Morgan fingerprint density at radius 2 is 2.18 bits per heavy atom. The Hall–Kier alpha value is -1.12. The molecule has 1 aliphatic heterocycles. The summed E-state index contributed by atoms with van der Waals surface area (Å²) in [6, 6.07) is 1.91. The lowest BCUT2D eigenvalue weighted by atomic mass is 9.93. The number of hydrogen-bond donors (Lipinski definition) is 2. The van der Waals surface area contributed by atoms with Crippen molar-refractivity contribution in [1.82, 2.24) is 15.5 Å². The van der Waals surface area contributed by atoms with E-state index in [2.05, 4.69) is 15.5 Å². The van der Waals surface area contributed by atoms with Crippen LogP contribution in [0.4, 0.5) is 0 Å². The van der Waals surface area contributed by atoms with Gasteiger partial charge in [-0.05, 0) is 51.9 Å². The summed E-state index contributed by atoms with van der Waals surface area (Å²) in [4.78, 5) is 13.6. The first-order valence-electron chi connectivity index (χ1n) is 6.27. The molecule has 2 N–H and O–H groups in total. The van der Waals surface area contributed by atoms with Crippen molar-refractivity contribution in [2.24, 2.45) is 5.92 Å². The molecule has 0 aromatic heterocycles. The molecular weight excluding hydrogens is 216 g/mol. The van der Waals surface area contributed by atoms with Crippen LogP contribution in [0.1, 0.15) is 19.3 Å². The zero-order valence-electron chi connectivity index (χ0n) is 10.5. The van der Waals surface area contributed by atoms with Gasteiger partial charge in [-0.15, -0.1) is 0 Å². The highest BCUT2D eigenvalue weighted by atomic mass is 16.2. The Morgan fingerprint density at radius 3 is 2.76 bits per heavy atom. The van der Waals surface area contributed by atoms with Crippen molar-refractivity contribution in [3.05, 3.63) is 0 Å². The normalized spacial score (nSPS) is 17.6. The molecule has 1 aliphatic rings. The third-order valence-electron chi connectivity index (χ3n) is 3.24. The second-order valence-corrected chi connectivity index (χ2v) is 4.55. The minimum atomic E-state index is -0.0415.